The van der Waals surface area contributed by atoms with Gasteiger partial charge < -0.3 is 5.11 Å². The number of amides is 1. The number of carbonyl (C=O) groups is 2. The predicted octanol–water partition coefficient (Wildman–Crippen LogP) is 2.76. The number of hydrazone groups is 1. The van der Waals surface area contributed by atoms with Crippen molar-refractivity contribution >= 4 is 41.1 Å². The second kappa shape index (κ2) is 8.47. The average molecular weight is 464 g/mol. The van der Waals surface area contributed by atoms with Crippen LogP contribution in [0.5, 0.6) is 0 Å². The molecule has 0 unspecified atom stereocenters. The quantitative estimate of drug-likeness (QED) is 0.445. The molecule has 2 aromatic carbocycles. The highest BCUT2D eigenvalue weighted by molar-refractivity contribution is 7.80. The zero-order valence-electron chi connectivity index (χ0n) is 18.2. The molecule has 1 amide bonds. The van der Waals surface area contributed by atoms with Crippen molar-refractivity contribution in [3.63, 3.8) is 0 Å². The highest BCUT2D eigenvalue weighted by Crippen LogP contribution is 2.23. The van der Waals surface area contributed by atoms with Crippen LogP contribution in [-0.2, 0) is 4.79 Å². The van der Waals surface area contributed by atoms with Gasteiger partial charge in [0.05, 0.1) is 28.7 Å². The number of thiocarbonyl (C=S) groups is 1. The molecule has 1 aliphatic rings. The Bertz CT molecular complexity index is 1390. The Hall–Kier alpha value is -4.05. The third-order valence-corrected chi connectivity index (χ3v) is 5.88. The minimum Gasteiger partial charge on any atom is -0.478 e. The Balaban J connectivity index is 1.61. The van der Waals surface area contributed by atoms with Crippen molar-refractivity contribution < 1.29 is 14.7 Å². The van der Waals surface area contributed by atoms with Gasteiger partial charge in [-0.2, -0.15) is 5.10 Å². The van der Waals surface area contributed by atoms with Gasteiger partial charge in [0.2, 0.25) is 5.11 Å². The standard InChI is InChI=1S/C23H21N5O4S/c1-13-7-8-18(9-14(13)2)28-21(30)19(15(3)25-28)11-24-26-12-20(29)27(23(26)33)17-6-4-5-16(10-17)22(31)32/h4-11,25H,12H2,1-3H3,(H,31,32). The largest absolute Gasteiger partial charge is 0.478 e. The molecule has 1 fully saturated rings. The van der Waals surface area contributed by atoms with E-state index in [2.05, 4.69) is 10.2 Å². The molecule has 1 aromatic heterocycles. The number of benzene rings is 2. The summed E-state index contributed by atoms with van der Waals surface area (Å²) in [5, 5.41) is 17.9. The Morgan fingerprint density at radius 1 is 1.09 bits per heavy atom. The number of aryl methyl sites for hydroxylation is 3. The molecular weight excluding hydrogens is 442 g/mol. The first-order valence-corrected chi connectivity index (χ1v) is 10.5. The lowest BCUT2D eigenvalue weighted by Gasteiger charge is -2.17. The number of H-pyrrole nitrogens is 1. The zero-order valence-corrected chi connectivity index (χ0v) is 19.0. The van der Waals surface area contributed by atoms with E-state index in [9.17, 15) is 19.5 Å². The summed E-state index contributed by atoms with van der Waals surface area (Å²) < 4.78 is 1.44. The summed E-state index contributed by atoms with van der Waals surface area (Å²) in [4.78, 5) is 38.0. The Kier molecular flexibility index (Phi) is 5.69. The molecule has 9 nitrogen and oxygen atoms in total. The number of carboxylic acid groups (broad SMARTS) is 1. The molecule has 2 N–H and O–H groups in total. The van der Waals surface area contributed by atoms with Crippen LogP contribution in [0.1, 0.15) is 32.7 Å². The van der Waals surface area contributed by atoms with E-state index in [1.807, 2.05) is 32.0 Å². The fourth-order valence-electron chi connectivity index (χ4n) is 3.50. The van der Waals surface area contributed by atoms with Crippen molar-refractivity contribution in [2.75, 3.05) is 11.4 Å². The lowest BCUT2D eigenvalue weighted by Crippen LogP contribution is -2.31. The number of rotatable bonds is 5. The second-order valence-corrected chi connectivity index (χ2v) is 8.09. The summed E-state index contributed by atoms with van der Waals surface area (Å²) in [6, 6.07) is 11.7. The molecule has 33 heavy (non-hydrogen) atoms. The first-order valence-electron chi connectivity index (χ1n) is 10.1. The predicted molar refractivity (Wildman–Crippen MR) is 128 cm³/mol. The third-order valence-electron chi connectivity index (χ3n) is 5.49. The number of hydrogen-bond donors (Lipinski definition) is 2. The van der Waals surface area contributed by atoms with Crippen LogP contribution >= 0.6 is 12.2 Å². The molecule has 1 aliphatic heterocycles. The summed E-state index contributed by atoms with van der Waals surface area (Å²) in [6.07, 6.45) is 1.38. The monoisotopic (exact) mass is 463 g/mol. The van der Waals surface area contributed by atoms with Crippen LogP contribution in [0.25, 0.3) is 5.69 Å². The number of carbonyl (C=O) groups excluding carboxylic acids is 1. The van der Waals surface area contributed by atoms with E-state index in [-0.39, 0.29) is 28.7 Å². The number of nitrogens with zero attached hydrogens (tertiary/aromatic N) is 4. The molecule has 0 radical (unpaired) electrons. The van der Waals surface area contributed by atoms with Crippen LogP contribution in [-0.4, -0.2) is 49.6 Å². The second-order valence-electron chi connectivity index (χ2n) is 7.73. The number of aromatic carboxylic acids is 1. The molecule has 0 aliphatic carbocycles. The van der Waals surface area contributed by atoms with Crippen molar-refractivity contribution in [2.45, 2.75) is 20.8 Å². The number of anilines is 1. The van der Waals surface area contributed by atoms with Gasteiger partial charge in [-0.15, -0.1) is 0 Å². The number of aromatic nitrogens is 2. The minimum atomic E-state index is -1.10. The molecule has 0 atom stereocenters. The molecule has 2 heterocycles. The normalized spacial score (nSPS) is 14.0. The molecule has 0 spiro atoms. The highest BCUT2D eigenvalue weighted by atomic mass is 32.1. The molecule has 3 aromatic rings. The Morgan fingerprint density at radius 3 is 2.55 bits per heavy atom. The van der Waals surface area contributed by atoms with Crippen LogP contribution in [0.2, 0.25) is 0 Å². The van der Waals surface area contributed by atoms with Crippen LogP contribution < -0.4 is 10.5 Å². The molecule has 168 valence electrons. The van der Waals surface area contributed by atoms with E-state index < -0.39 is 5.97 Å². The molecule has 1 saturated heterocycles. The molecule has 10 heteroatoms. The van der Waals surface area contributed by atoms with Crippen LogP contribution in [0.4, 0.5) is 5.69 Å². The lowest BCUT2D eigenvalue weighted by molar-refractivity contribution is -0.116. The number of aromatic amines is 1. The fourth-order valence-corrected chi connectivity index (χ4v) is 3.82. The van der Waals surface area contributed by atoms with Gasteiger partial charge in [0.15, 0.2) is 0 Å². The van der Waals surface area contributed by atoms with E-state index in [0.29, 0.717) is 22.6 Å². The maximum atomic E-state index is 13.0. The first kappa shape index (κ1) is 22.2. The average Bonchev–Trinajstić information content (AvgIpc) is 3.22. The van der Waals surface area contributed by atoms with E-state index >= 15 is 0 Å². The minimum absolute atomic E-state index is 0.0416. The number of carboxylic acids is 1. The SMILES string of the molecule is Cc1ccc(-n2[nH]c(C)c(C=NN3CC(=O)N(c4cccc(C(=O)O)c4)C3=S)c2=O)cc1C. The van der Waals surface area contributed by atoms with Crippen LogP contribution in [0, 0.1) is 20.8 Å². The van der Waals surface area contributed by atoms with Crippen molar-refractivity contribution in [3.05, 3.63) is 80.8 Å². The zero-order chi connectivity index (χ0) is 23.9. The Morgan fingerprint density at radius 2 is 1.85 bits per heavy atom. The van der Waals surface area contributed by atoms with E-state index in [4.69, 9.17) is 12.2 Å². The summed E-state index contributed by atoms with van der Waals surface area (Å²) in [5.74, 6) is -1.45. The van der Waals surface area contributed by atoms with Gasteiger partial charge in [-0.25, -0.2) is 14.5 Å². The van der Waals surface area contributed by atoms with Gasteiger partial charge in [0.25, 0.3) is 11.5 Å². The number of nitrogens with one attached hydrogen (secondary N) is 1. The maximum absolute atomic E-state index is 13.0. The fraction of sp³-hybridized carbons (Fsp3) is 0.174. The summed E-state index contributed by atoms with van der Waals surface area (Å²) >= 11 is 5.40. The third kappa shape index (κ3) is 4.08. The van der Waals surface area contributed by atoms with Crippen molar-refractivity contribution in [2.24, 2.45) is 5.10 Å². The topological polar surface area (TPSA) is 111 Å². The first-order chi connectivity index (χ1) is 15.7. The van der Waals surface area contributed by atoms with Gasteiger partial charge >= 0.3 is 5.97 Å². The molecular formula is C23H21N5O4S. The molecule has 0 bridgehead atoms. The highest BCUT2D eigenvalue weighted by Gasteiger charge is 2.34. The van der Waals surface area contributed by atoms with Crippen molar-refractivity contribution in [1.82, 2.24) is 14.8 Å². The van der Waals surface area contributed by atoms with Gasteiger partial charge in [-0.05, 0) is 74.4 Å². The van der Waals surface area contributed by atoms with E-state index in [1.165, 1.54) is 32.9 Å². The Labute approximate surface area is 194 Å². The van der Waals surface area contributed by atoms with Crippen molar-refractivity contribution in [1.29, 1.82) is 0 Å². The van der Waals surface area contributed by atoms with Gasteiger partial charge in [0.1, 0.15) is 6.54 Å². The smallest absolute Gasteiger partial charge is 0.335 e. The van der Waals surface area contributed by atoms with Crippen LogP contribution in [0.3, 0.4) is 0 Å². The van der Waals surface area contributed by atoms with Gasteiger partial charge in [0, 0.05) is 5.69 Å². The van der Waals surface area contributed by atoms with E-state index in [0.717, 1.165) is 11.1 Å². The van der Waals surface area contributed by atoms with Crippen molar-refractivity contribution in [3.8, 4) is 5.69 Å². The summed E-state index contributed by atoms with van der Waals surface area (Å²) in [5.41, 5.74) is 3.97. The van der Waals surface area contributed by atoms with E-state index in [1.54, 1.807) is 19.1 Å². The molecule has 4 rings (SSSR count). The van der Waals surface area contributed by atoms with Gasteiger partial charge in [-0.3, -0.25) is 19.6 Å². The summed E-state index contributed by atoms with van der Waals surface area (Å²) in [6.45, 7) is 5.62. The van der Waals surface area contributed by atoms with Crippen LogP contribution in [0.15, 0.2) is 52.4 Å². The summed E-state index contributed by atoms with van der Waals surface area (Å²) in [7, 11) is 0. The maximum Gasteiger partial charge on any atom is 0.335 e. The number of hydrogen-bond acceptors (Lipinski definition) is 5. The van der Waals surface area contributed by atoms with Gasteiger partial charge in [-0.1, -0.05) is 12.1 Å². The lowest BCUT2D eigenvalue weighted by atomic mass is 10.1. The molecule has 0 saturated carbocycles.